The number of aryl methyl sites for hydroxylation is 1. The summed E-state index contributed by atoms with van der Waals surface area (Å²) in [5.41, 5.74) is 4.72. The van der Waals surface area contributed by atoms with Gasteiger partial charge in [0.15, 0.2) is 5.69 Å². The van der Waals surface area contributed by atoms with Crippen molar-refractivity contribution in [3.05, 3.63) is 76.4 Å². The molecule has 0 saturated carbocycles. The van der Waals surface area contributed by atoms with Gasteiger partial charge in [-0.25, -0.2) is 0 Å². The van der Waals surface area contributed by atoms with Crippen LogP contribution in [0.25, 0.3) is 23.0 Å². The topological polar surface area (TPSA) is 66.0 Å². The number of hydrogen-bond acceptors (Lipinski definition) is 5. The van der Waals surface area contributed by atoms with Crippen molar-refractivity contribution in [3.8, 4) is 23.0 Å². The van der Waals surface area contributed by atoms with E-state index in [0.29, 0.717) is 35.6 Å². The Morgan fingerprint density at radius 3 is 2.75 bits per heavy atom. The molecule has 0 bridgehead atoms. The molecule has 2 aromatic carbocycles. The Morgan fingerprint density at radius 2 is 1.93 bits per heavy atom. The lowest BCUT2D eigenvalue weighted by Gasteiger charge is -2.24. The highest BCUT2D eigenvalue weighted by atomic mass is 35.5. The summed E-state index contributed by atoms with van der Waals surface area (Å²) in [4.78, 5) is 4.46. The monoisotopic (exact) mass is 392 g/mol. The van der Waals surface area contributed by atoms with Gasteiger partial charge in [-0.2, -0.15) is 10.1 Å². The van der Waals surface area contributed by atoms with E-state index in [2.05, 4.69) is 46.4 Å². The summed E-state index contributed by atoms with van der Waals surface area (Å²) >= 11 is 6.22. The number of aromatic nitrogens is 4. The molecule has 3 heterocycles. The first-order valence-electron chi connectivity index (χ1n) is 9.01. The molecule has 7 heteroatoms. The van der Waals surface area contributed by atoms with Crippen LogP contribution >= 0.6 is 11.6 Å². The summed E-state index contributed by atoms with van der Waals surface area (Å²) in [6.07, 6.45) is -0.0257. The molecule has 0 amide bonds. The molecule has 1 aliphatic rings. The molecular weight excluding hydrogens is 376 g/mol. The lowest BCUT2D eigenvalue weighted by atomic mass is 10.1. The number of halogens is 1. The first-order chi connectivity index (χ1) is 13.7. The van der Waals surface area contributed by atoms with Gasteiger partial charge in [-0.15, -0.1) is 0 Å². The third-order valence-electron chi connectivity index (χ3n) is 4.84. The van der Waals surface area contributed by atoms with Crippen LogP contribution in [-0.4, -0.2) is 19.9 Å². The summed E-state index contributed by atoms with van der Waals surface area (Å²) in [5, 5.41) is 9.28. The van der Waals surface area contributed by atoms with E-state index in [-0.39, 0.29) is 6.10 Å². The minimum absolute atomic E-state index is 0.0257. The molecule has 4 aromatic rings. The predicted octanol–water partition coefficient (Wildman–Crippen LogP) is 4.83. The molecule has 0 aliphatic carbocycles. The minimum atomic E-state index is -0.0257. The summed E-state index contributed by atoms with van der Waals surface area (Å²) in [6.45, 7) is 3.20. The molecule has 28 heavy (non-hydrogen) atoms. The van der Waals surface area contributed by atoms with Crippen LogP contribution in [-0.2, 0) is 17.9 Å². The summed E-state index contributed by atoms with van der Waals surface area (Å²) in [7, 11) is 0. The van der Waals surface area contributed by atoms with E-state index in [0.717, 1.165) is 16.8 Å². The lowest BCUT2D eigenvalue weighted by Crippen LogP contribution is -2.21. The largest absolute Gasteiger partial charge is 0.365 e. The van der Waals surface area contributed by atoms with E-state index in [4.69, 9.17) is 20.9 Å². The molecule has 1 aliphatic heterocycles. The van der Waals surface area contributed by atoms with E-state index < -0.39 is 0 Å². The third-order valence-corrected chi connectivity index (χ3v) is 5.17. The second-order valence-electron chi connectivity index (χ2n) is 6.82. The summed E-state index contributed by atoms with van der Waals surface area (Å²) < 4.78 is 13.4. The number of nitrogens with zero attached hydrogens (tertiary/aromatic N) is 4. The fourth-order valence-corrected chi connectivity index (χ4v) is 3.51. The zero-order valence-corrected chi connectivity index (χ0v) is 15.9. The molecule has 5 rings (SSSR count). The highest BCUT2D eigenvalue weighted by Crippen LogP contribution is 2.30. The average Bonchev–Trinajstić information content (AvgIpc) is 3.35. The fourth-order valence-electron chi connectivity index (χ4n) is 3.29. The van der Waals surface area contributed by atoms with Crippen molar-refractivity contribution in [1.82, 2.24) is 19.9 Å². The van der Waals surface area contributed by atoms with E-state index in [9.17, 15) is 0 Å². The molecule has 0 fully saturated rings. The molecular formula is C21H17ClN4O2. The number of fused-ring (bicyclic) bond motifs is 1. The highest BCUT2D eigenvalue weighted by molar-refractivity contribution is 6.33. The van der Waals surface area contributed by atoms with Crippen molar-refractivity contribution in [2.24, 2.45) is 0 Å². The van der Waals surface area contributed by atoms with E-state index in [1.54, 1.807) is 6.07 Å². The van der Waals surface area contributed by atoms with Crippen LogP contribution in [0.3, 0.4) is 0 Å². The summed E-state index contributed by atoms with van der Waals surface area (Å²) in [6, 6.07) is 17.7. The van der Waals surface area contributed by atoms with Crippen molar-refractivity contribution in [1.29, 1.82) is 0 Å². The molecule has 140 valence electrons. The van der Waals surface area contributed by atoms with Gasteiger partial charge >= 0.3 is 0 Å². The van der Waals surface area contributed by atoms with Crippen LogP contribution < -0.4 is 0 Å². The first kappa shape index (κ1) is 17.2. The molecule has 0 N–H and O–H groups in total. The van der Waals surface area contributed by atoms with Gasteiger partial charge in [0.05, 0.1) is 23.9 Å². The Balaban J connectivity index is 1.41. The van der Waals surface area contributed by atoms with Crippen molar-refractivity contribution in [2.45, 2.75) is 26.2 Å². The Kier molecular flexibility index (Phi) is 4.22. The molecule has 0 saturated heterocycles. The number of hydrogen-bond donors (Lipinski definition) is 0. The van der Waals surface area contributed by atoms with Crippen LogP contribution in [0.4, 0.5) is 0 Å². The number of ether oxygens (including phenoxy) is 1. The fraction of sp³-hybridized carbons (Fsp3) is 0.190. The molecule has 6 nitrogen and oxygen atoms in total. The first-order valence-corrected chi connectivity index (χ1v) is 9.39. The van der Waals surface area contributed by atoms with Crippen LogP contribution in [0.15, 0.2) is 59.1 Å². The second-order valence-corrected chi connectivity index (χ2v) is 7.22. The van der Waals surface area contributed by atoms with Gasteiger partial charge in [-0.3, -0.25) is 4.68 Å². The van der Waals surface area contributed by atoms with E-state index >= 15 is 0 Å². The molecule has 0 unspecified atom stereocenters. The lowest BCUT2D eigenvalue weighted by molar-refractivity contribution is -0.00113. The van der Waals surface area contributed by atoms with Gasteiger partial charge in [0.2, 0.25) is 5.82 Å². The normalized spacial score (nSPS) is 16.1. The van der Waals surface area contributed by atoms with Crippen LogP contribution in [0.1, 0.15) is 22.9 Å². The van der Waals surface area contributed by atoms with Gasteiger partial charge in [0.25, 0.3) is 5.89 Å². The van der Waals surface area contributed by atoms with Gasteiger partial charge < -0.3 is 9.26 Å². The van der Waals surface area contributed by atoms with Gasteiger partial charge in [0.1, 0.15) is 6.10 Å². The predicted molar refractivity (Wildman–Crippen MR) is 105 cm³/mol. The molecule has 2 aromatic heterocycles. The van der Waals surface area contributed by atoms with Gasteiger partial charge in [-0.1, -0.05) is 58.7 Å². The van der Waals surface area contributed by atoms with Crippen molar-refractivity contribution >= 4 is 11.6 Å². The SMILES string of the molecule is Cc1ccc([C@H]2Cn3nc(-c4nc(-c5ccccc5Cl)no4)cc3CO2)cc1. The Morgan fingerprint density at radius 1 is 1.11 bits per heavy atom. The Hall–Kier alpha value is -2.96. The Bertz CT molecular complexity index is 1130. The van der Waals surface area contributed by atoms with Crippen LogP contribution in [0.2, 0.25) is 5.02 Å². The minimum Gasteiger partial charge on any atom is -0.365 e. The smallest absolute Gasteiger partial charge is 0.278 e. The quantitative estimate of drug-likeness (QED) is 0.499. The number of rotatable bonds is 3. The van der Waals surface area contributed by atoms with Crippen LogP contribution in [0.5, 0.6) is 0 Å². The average molecular weight is 393 g/mol. The van der Waals surface area contributed by atoms with E-state index in [1.807, 2.05) is 28.9 Å². The zero-order valence-electron chi connectivity index (χ0n) is 15.2. The maximum Gasteiger partial charge on any atom is 0.278 e. The Labute approximate surface area is 166 Å². The molecule has 1 atom stereocenters. The van der Waals surface area contributed by atoms with Crippen molar-refractivity contribution < 1.29 is 9.26 Å². The second kappa shape index (κ2) is 6.89. The molecule has 0 radical (unpaired) electrons. The zero-order chi connectivity index (χ0) is 19.1. The van der Waals surface area contributed by atoms with Gasteiger partial charge in [-0.05, 0) is 30.7 Å². The van der Waals surface area contributed by atoms with Crippen molar-refractivity contribution in [2.75, 3.05) is 0 Å². The standard InChI is InChI=1S/C21H17ClN4O2/c1-13-6-8-14(9-7-13)19-11-26-15(12-27-19)10-18(24-26)21-23-20(25-28-21)16-4-2-3-5-17(16)22/h2-10,19H,11-12H2,1H3/t19-/m1/s1. The maximum absolute atomic E-state index is 6.22. The third kappa shape index (κ3) is 3.10. The highest BCUT2D eigenvalue weighted by Gasteiger charge is 2.24. The van der Waals surface area contributed by atoms with E-state index in [1.165, 1.54) is 5.56 Å². The molecule has 0 spiro atoms. The van der Waals surface area contributed by atoms with Crippen LogP contribution in [0, 0.1) is 6.92 Å². The van der Waals surface area contributed by atoms with Gasteiger partial charge in [0, 0.05) is 5.56 Å². The number of benzene rings is 2. The maximum atomic E-state index is 6.22. The summed E-state index contributed by atoms with van der Waals surface area (Å²) in [5.74, 6) is 0.809. The van der Waals surface area contributed by atoms with Crippen molar-refractivity contribution in [3.63, 3.8) is 0 Å².